The van der Waals surface area contributed by atoms with Crippen molar-refractivity contribution in [2.24, 2.45) is 35.3 Å². The fourth-order valence-corrected chi connectivity index (χ4v) is 4.51. The van der Waals surface area contributed by atoms with Crippen molar-refractivity contribution in [3.05, 3.63) is 36.5 Å². The van der Waals surface area contributed by atoms with Crippen LogP contribution in [0.4, 0.5) is 0 Å². The molecule has 0 unspecified atom stereocenters. The van der Waals surface area contributed by atoms with E-state index in [0.717, 1.165) is 31.3 Å². The summed E-state index contributed by atoms with van der Waals surface area (Å²) in [5.41, 5.74) is 10.2. The van der Waals surface area contributed by atoms with E-state index in [1.54, 1.807) is 62.1 Å². The quantitative estimate of drug-likeness (QED) is 0.177. The maximum atomic E-state index is 11.4. The molecule has 4 rings (SSSR count). The molecule has 0 spiro atoms. The predicted octanol–water partition coefficient (Wildman–Crippen LogP) is 2.54. The number of amides is 2. The first kappa shape index (κ1) is 49.1. The third-order valence-electron chi connectivity index (χ3n) is 8.06. The van der Waals surface area contributed by atoms with Gasteiger partial charge in [-0.1, -0.05) is 6.58 Å². The molecule has 0 aromatic heterocycles. The smallest absolute Gasteiger partial charge is 0.307 e. The molecule has 0 heterocycles. The van der Waals surface area contributed by atoms with Crippen molar-refractivity contribution in [1.29, 1.82) is 0 Å². The Morgan fingerprint density at radius 2 is 1.10 bits per heavy atom. The summed E-state index contributed by atoms with van der Waals surface area (Å²) in [6, 6.07) is 0. The van der Waals surface area contributed by atoms with Crippen molar-refractivity contribution in [3.63, 3.8) is 0 Å². The number of allylic oxidation sites excluding steroid dienone is 2. The monoisotopic (exact) mass is 732 g/mol. The molecule has 0 radical (unpaired) electrons. The maximum Gasteiger partial charge on any atom is 0.307 e. The Kier molecular flexibility index (Phi) is 27.6. The van der Waals surface area contributed by atoms with Gasteiger partial charge in [0.25, 0.3) is 0 Å². The summed E-state index contributed by atoms with van der Waals surface area (Å²) >= 11 is 0. The SMILES string of the molecule is C=COC.CNOC.COC=C1CC(C(=O)N(C)OC)C1.COC=C1CC(C(=O)O)C1.CON(C)C(=O)C1CC(CN)C1.O=C1CC(C(=O)O)C1. The second-order valence-corrected chi connectivity index (χ2v) is 11.7. The Bertz CT molecular complexity index is 1100. The molecule has 17 nitrogen and oxygen atoms in total. The van der Waals surface area contributed by atoms with Gasteiger partial charge in [0.05, 0.1) is 73.3 Å². The number of hydrogen-bond donors (Lipinski definition) is 4. The molecule has 294 valence electrons. The number of ketones is 1. The van der Waals surface area contributed by atoms with Crippen LogP contribution in [0.1, 0.15) is 51.4 Å². The van der Waals surface area contributed by atoms with Crippen molar-refractivity contribution in [3.8, 4) is 0 Å². The summed E-state index contributed by atoms with van der Waals surface area (Å²) in [5.74, 6) is -1.14. The molecule has 4 aliphatic rings. The summed E-state index contributed by atoms with van der Waals surface area (Å²) in [6.07, 6.45) is 9.93. The third-order valence-corrected chi connectivity index (χ3v) is 8.06. The van der Waals surface area contributed by atoms with Gasteiger partial charge in [-0.25, -0.2) is 15.6 Å². The molecule has 0 aliphatic heterocycles. The largest absolute Gasteiger partial charge is 0.505 e. The highest BCUT2D eigenvalue weighted by Crippen LogP contribution is 2.35. The number of nitrogens with zero attached hydrogens (tertiary/aromatic N) is 2. The lowest BCUT2D eigenvalue weighted by Gasteiger charge is -2.34. The average molecular weight is 733 g/mol. The van der Waals surface area contributed by atoms with E-state index in [1.807, 2.05) is 0 Å². The van der Waals surface area contributed by atoms with Crippen LogP contribution in [-0.4, -0.2) is 120 Å². The van der Waals surface area contributed by atoms with Crippen molar-refractivity contribution >= 4 is 29.5 Å². The number of hydroxylamine groups is 5. The number of nitrogens with one attached hydrogen (secondary N) is 1. The van der Waals surface area contributed by atoms with Crippen molar-refractivity contribution in [2.45, 2.75) is 51.4 Å². The van der Waals surface area contributed by atoms with Gasteiger partial charge in [0, 0.05) is 45.8 Å². The number of rotatable bonds is 11. The lowest BCUT2D eigenvalue weighted by Crippen LogP contribution is -2.41. The highest BCUT2D eigenvalue weighted by molar-refractivity contribution is 5.93. The Morgan fingerprint density at radius 1 is 0.745 bits per heavy atom. The van der Waals surface area contributed by atoms with Crippen LogP contribution in [0.3, 0.4) is 0 Å². The Balaban J connectivity index is 0. The molecular formula is C34H60N4O13. The zero-order valence-corrected chi connectivity index (χ0v) is 31.5. The van der Waals surface area contributed by atoms with Crippen LogP contribution < -0.4 is 11.2 Å². The molecule has 51 heavy (non-hydrogen) atoms. The van der Waals surface area contributed by atoms with Crippen LogP contribution in [0.2, 0.25) is 0 Å². The molecule has 0 aromatic rings. The van der Waals surface area contributed by atoms with Crippen LogP contribution in [-0.2, 0) is 52.7 Å². The van der Waals surface area contributed by atoms with E-state index < -0.39 is 11.9 Å². The average Bonchev–Trinajstić information content (AvgIpc) is 3.05. The first-order valence-corrected chi connectivity index (χ1v) is 16.2. The summed E-state index contributed by atoms with van der Waals surface area (Å²) in [5, 5.41) is 19.2. The molecule has 17 heteroatoms. The molecule has 2 amide bonds. The summed E-state index contributed by atoms with van der Waals surface area (Å²) < 4.78 is 13.9. The second kappa shape index (κ2) is 28.6. The molecule has 0 atom stereocenters. The van der Waals surface area contributed by atoms with E-state index >= 15 is 0 Å². The topological polar surface area (TPSA) is 226 Å². The van der Waals surface area contributed by atoms with Gasteiger partial charge in [-0.05, 0) is 62.1 Å². The van der Waals surface area contributed by atoms with E-state index in [4.69, 9.17) is 35.1 Å². The molecule has 4 fully saturated rings. The molecule has 4 saturated carbocycles. The lowest BCUT2D eigenvalue weighted by atomic mass is 9.74. The van der Waals surface area contributed by atoms with Crippen molar-refractivity contribution in [2.75, 3.05) is 70.3 Å². The minimum absolute atomic E-state index is 0.0377. The first-order chi connectivity index (χ1) is 24.1. The molecule has 0 saturated heterocycles. The van der Waals surface area contributed by atoms with Crippen LogP contribution >= 0.6 is 0 Å². The van der Waals surface area contributed by atoms with Gasteiger partial charge in [-0.15, -0.1) is 0 Å². The number of hydrogen-bond acceptors (Lipinski definition) is 13. The zero-order valence-electron chi connectivity index (χ0n) is 31.5. The van der Waals surface area contributed by atoms with Gasteiger partial charge in [0.15, 0.2) is 0 Å². The van der Waals surface area contributed by atoms with E-state index in [9.17, 15) is 24.0 Å². The van der Waals surface area contributed by atoms with E-state index in [0.29, 0.717) is 25.3 Å². The normalized spacial score (nSPS) is 20.5. The number of carbonyl (C=O) groups excluding carboxylic acids is 3. The minimum atomic E-state index is -0.843. The number of Topliss-reactive ketones (excluding diaryl/α,β-unsaturated/α-hetero) is 1. The van der Waals surface area contributed by atoms with Crippen molar-refractivity contribution in [1.82, 2.24) is 15.6 Å². The van der Waals surface area contributed by atoms with Crippen LogP contribution in [0.15, 0.2) is 36.5 Å². The Labute approximate surface area is 301 Å². The Hall–Kier alpha value is -4.03. The van der Waals surface area contributed by atoms with Crippen LogP contribution in [0.25, 0.3) is 0 Å². The van der Waals surface area contributed by atoms with Crippen molar-refractivity contribution < 1.29 is 62.9 Å². The number of nitrogens with two attached hydrogens (primary N) is 1. The first-order valence-electron chi connectivity index (χ1n) is 16.2. The molecule has 5 N–H and O–H groups in total. The number of aliphatic carboxylic acids is 2. The summed E-state index contributed by atoms with van der Waals surface area (Å²) in [4.78, 5) is 67.1. The fraction of sp³-hybridized carbons (Fsp3) is 0.676. The van der Waals surface area contributed by atoms with Gasteiger partial charge >= 0.3 is 11.9 Å². The zero-order chi connectivity index (χ0) is 39.5. The highest BCUT2D eigenvalue weighted by atomic mass is 16.7. The maximum absolute atomic E-state index is 11.4. The number of carboxylic acids is 2. The Morgan fingerprint density at radius 3 is 1.35 bits per heavy atom. The number of carbonyl (C=O) groups is 5. The third kappa shape index (κ3) is 20.4. The standard InChI is InChI=1S/C9H15NO3.C8H16N2O2.C7H10O3.C5H6O3.C3H6O.C2H7NO/c1-10(13-3)9(11)8-4-7(5-8)6-12-2;1-10(12-2)8(11)7-3-6(4-7)5-9;1-10-4-5-2-6(3-5)7(8)9;6-4-1-3(2-4)5(7)8;2*1-3-4-2/h6,8H,4-5H2,1-3H3;6-7H,3-5,9H2,1-2H3;4,6H,2-3H2,1H3,(H,8,9);3H,1-2H2,(H,7,8);3H,1H2,2H3;3H,1-2H3. The number of ether oxygens (including phenoxy) is 3. The second-order valence-electron chi connectivity index (χ2n) is 11.7. The minimum Gasteiger partial charge on any atom is -0.505 e. The number of methoxy groups -OCH3 is 3. The molecular weight excluding hydrogens is 672 g/mol. The summed E-state index contributed by atoms with van der Waals surface area (Å²) in [7, 11) is 14.3. The van der Waals surface area contributed by atoms with Gasteiger partial charge < -0.3 is 35.0 Å². The lowest BCUT2D eigenvalue weighted by molar-refractivity contribution is -0.177. The number of carboxylic acid groups (broad SMARTS) is 2. The van der Waals surface area contributed by atoms with Gasteiger partial charge in [0.1, 0.15) is 5.78 Å². The molecule has 4 aliphatic carbocycles. The van der Waals surface area contributed by atoms with E-state index in [2.05, 4.69) is 21.6 Å². The van der Waals surface area contributed by atoms with Crippen LogP contribution in [0, 0.1) is 29.6 Å². The van der Waals surface area contributed by atoms with E-state index in [1.165, 1.54) is 36.2 Å². The van der Waals surface area contributed by atoms with Gasteiger partial charge in [0.2, 0.25) is 11.8 Å². The predicted molar refractivity (Wildman–Crippen MR) is 187 cm³/mol. The molecule has 0 bridgehead atoms. The highest BCUT2D eigenvalue weighted by Gasteiger charge is 2.35. The van der Waals surface area contributed by atoms with E-state index in [-0.39, 0.29) is 54.1 Å². The van der Waals surface area contributed by atoms with Gasteiger partial charge in [-0.2, -0.15) is 0 Å². The van der Waals surface area contributed by atoms with Crippen LogP contribution in [0.5, 0.6) is 0 Å². The fourth-order valence-electron chi connectivity index (χ4n) is 4.51. The molecule has 0 aromatic carbocycles. The van der Waals surface area contributed by atoms with Gasteiger partial charge in [-0.3, -0.25) is 33.6 Å². The summed E-state index contributed by atoms with van der Waals surface area (Å²) in [6.45, 7) is 3.95.